The number of hydrogen-bond donors (Lipinski definition) is 2. The highest BCUT2D eigenvalue weighted by molar-refractivity contribution is 14.0. The van der Waals surface area contributed by atoms with Crippen molar-refractivity contribution < 1.29 is 9.15 Å². The molecule has 1 heterocycles. The van der Waals surface area contributed by atoms with Crippen LogP contribution in [0.5, 0.6) is 0 Å². The summed E-state index contributed by atoms with van der Waals surface area (Å²) >= 11 is 0. The lowest BCUT2D eigenvalue weighted by molar-refractivity contribution is 0.192. The van der Waals surface area contributed by atoms with Crippen molar-refractivity contribution in [1.29, 1.82) is 0 Å². The van der Waals surface area contributed by atoms with Crippen LogP contribution >= 0.6 is 24.0 Å². The second kappa shape index (κ2) is 11.7. The molecule has 0 aromatic carbocycles. The highest BCUT2D eigenvalue weighted by Crippen LogP contribution is 2.22. The zero-order valence-corrected chi connectivity index (χ0v) is 17.3. The monoisotopic (exact) mass is 438 g/mol. The highest BCUT2D eigenvalue weighted by Gasteiger charge is 2.19. The Balaban J connectivity index is 0.00000484. The van der Waals surface area contributed by atoms with Crippen molar-refractivity contribution in [3.05, 3.63) is 17.8 Å². The largest absolute Gasteiger partial charge is 0.443 e. The second-order valence-corrected chi connectivity index (χ2v) is 6.27. The standard InChI is InChI=1S/C16H30N4O2.HI/c1-16(2,3)13-11-19-14(22-13)12-20-15(17-4)18-9-7-6-8-10-21-5;/h11H,6-10,12H2,1-5H3,(H2,17,18,20);1H. The Kier molecular flexibility index (Phi) is 11.2. The fraction of sp³-hybridized carbons (Fsp3) is 0.750. The van der Waals surface area contributed by atoms with Crippen LogP contribution in [0.2, 0.25) is 0 Å². The van der Waals surface area contributed by atoms with E-state index in [2.05, 4.69) is 41.4 Å². The van der Waals surface area contributed by atoms with Crippen molar-refractivity contribution in [3.63, 3.8) is 0 Å². The van der Waals surface area contributed by atoms with Crippen LogP contribution in [0.25, 0.3) is 0 Å². The van der Waals surface area contributed by atoms with Gasteiger partial charge in [0.2, 0.25) is 5.89 Å². The summed E-state index contributed by atoms with van der Waals surface area (Å²) in [7, 11) is 3.49. The zero-order valence-electron chi connectivity index (χ0n) is 14.9. The minimum atomic E-state index is -0.0205. The molecule has 0 aliphatic carbocycles. The molecule has 0 saturated heterocycles. The Labute approximate surface area is 156 Å². The summed E-state index contributed by atoms with van der Waals surface area (Å²) in [5, 5.41) is 6.49. The molecular formula is C16H31IN4O2. The molecule has 0 aliphatic heterocycles. The Bertz CT molecular complexity index is 455. The molecule has 0 aliphatic rings. The molecule has 0 bridgehead atoms. The van der Waals surface area contributed by atoms with Crippen LogP contribution in [0, 0.1) is 0 Å². The topological polar surface area (TPSA) is 71.7 Å². The number of rotatable bonds is 8. The van der Waals surface area contributed by atoms with Crippen molar-refractivity contribution >= 4 is 29.9 Å². The number of guanidine groups is 1. The Morgan fingerprint density at radius 1 is 1.26 bits per heavy atom. The predicted octanol–water partition coefficient (Wildman–Crippen LogP) is 3.07. The van der Waals surface area contributed by atoms with Gasteiger partial charge < -0.3 is 19.8 Å². The third kappa shape index (κ3) is 9.14. The Hall–Kier alpha value is -0.830. The van der Waals surface area contributed by atoms with Crippen molar-refractivity contribution in [2.45, 2.75) is 52.0 Å². The number of ether oxygens (including phenoxy) is 1. The van der Waals surface area contributed by atoms with Gasteiger partial charge in [0.1, 0.15) is 5.76 Å². The first-order valence-corrected chi connectivity index (χ1v) is 7.86. The lowest BCUT2D eigenvalue weighted by atomic mass is 9.94. The quantitative estimate of drug-likeness (QED) is 0.283. The molecule has 134 valence electrons. The summed E-state index contributed by atoms with van der Waals surface area (Å²) in [6.07, 6.45) is 5.13. The van der Waals surface area contributed by atoms with Crippen LogP contribution in [0.3, 0.4) is 0 Å². The van der Waals surface area contributed by atoms with Gasteiger partial charge in [0, 0.05) is 32.7 Å². The molecule has 0 unspecified atom stereocenters. The molecule has 7 heteroatoms. The summed E-state index contributed by atoms with van der Waals surface area (Å²) in [6.45, 7) is 8.56. The van der Waals surface area contributed by atoms with Crippen LogP contribution in [-0.4, -0.2) is 38.3 Å². The van der Waals surface area contributed by atoms with Crippen molar-refractivity contribution in [3.8, 4) is 0 Å². The van der Waals surface area contributed by atoms with Gasteiger partial charge in [0.15, 0.2) is 5.96 Å². The first kappa shape index (κ1) is 22.2. The SMILES string of the molecule is CN=C(NCCCCCOC)NCc1ncc(C(C)(C)C)o1.I. The molecule has 2 N–H and O–H groups in total. The summed E-state index contributed by atoms with van der Waals surface area (Å²) in [5.74, 6) is 2.33. The number of aromatic nitrogens is 1. The molecule has 1 aromatic heterocycles. The van der Waals surface area contributed by atoms with Gasteiger partial charge in [-0.15, -0.1) is 24.0 Å². The van der Waals surface area contributed by atoms with E-state index >= 15 is 0 Å². The maximum atomic E-state index is 5.74. The molecule has 6 nitrogen and oxygen atoms in total. The third-order valence-electron chi connectivity index (χ3n) is 3.24. The number of nitrogens with zero attached hydrogens (tertiary/aromatic N) is 2. The van der Waals surface area contributed by atoms with Crippen LogP contribution in [0.4, 0.5) is 0 Å². The average molecular weight is 438 g/mol. The van der Waals surface area contributed by atoms with E-state index in [1.807, 2.05) is 0 Å². The summed E-state index contributed by atoms with van der Waals surface area (Å²) in [6, 6.07) is 0. The van der Waals surface area contributed by atoms with E-state index in [1.165, 1.54) is 0 Å². The number of aliphatic imine (C=N–C) groups is 1. The molecule has 1 aromatic rings. The van der Waals surface area contributed by atoms with Gasteiger partial charge in [-0.05, 0) is 19.3 Å². The van der Waals surface area contributed by atoms with E-state index in [0.717, 1.165) is 44.1 Å². The molecule has 0 atom stereocenters. The van der Waals surface area contributed by atoms with Crippen molar-refractivity contribution in [2.75, 3.05) is 27.3 Å². The molecule has 0 fully saturated rings. The number of nitrogens with one attached hydrogen (secondary N) is 2. The van der Waals surface area contributed by atoms with Gasteiger partial charge in [-0.25, -0.2) is 4.98 Å². The number of methoxy groups -OCH3 is 1. The number of unbranched alkanes of at least 4 members (excludes halogenated alkanes) is 2. The smallest absolute Gasteiger partial charge is 0.213 e. The first-order chi connectivity index (χ1) is 10.5. The van der Waals surface area contributed by atoms with Gasteiger partial charge in [0.25, 0.3) is 0 Å². The van der Waals surface area contributed by atoms with Gasteiger partial charge in [-0.2, -0.15) is 0 Å². The Morgan fingerprint density at radius 3 is 2.57 bits per heavy atom. The highest BCUT2D eigenvalue weighted by atomic mass is 127. The van der Waals surface area contributed by atoms with Crippen LogP contribution in [-0.2, 0) is 16.7 Å². The molecule has 0 radical (unpaired) electrons. The van der Waals surface area contributed by atoms with Crippen LogP contribution < -0.4 is 10.6 Å². The van der Waals surface area contributed by atoms with E-state index in [-0.39, 0.29) is 29.4 Å². The van der Waals surface area contributed by atoms with Crippen molar-refractivity contribution in [2.24, 2.45) is 4.99 Å². The van der Waals surface area contributed by atoms with E-state index in [4.69, 9.17) is 9.15 Å². The number of hydrogen-bond acceptors (Lipinski definition) is 4. The van der Waals surface area contributed by atoms with Gasteiger partial charge in [-0.3, -0.25) is 4.99 Å². The lowest BCUT2D eigenvalue weighted by Crippen LogP contribution is -2.37. The number of halogens is 1. The molecule has 0 amide bonds. The maximum Gasteiger partial charge on any atom is 0.213 e. The van der Waals surface area contributed by atoms with E-state index in [0.29, 0.717) is 12.4 Å². The van der Waals surface area contributed by atoms with E-state index in [1.54, 1.807) is 20.4 Å². The summed E-state index contributed by atoms with van der Waals surface area (Å²) < 4.78 is 10.8. The fourth-order valence-electron chi connectivity index (χ4n) is 1.87. The van der Waals surface area contributed by atoms with E-state index in [9.17, 15) is 0 Å². The minimum absolute atomic E-state index is 0. The van der Waals surface area contributed by atoms with Gasteiger partial charge in [-0.1, -0.05) is 20.8 Å². The molecule has 0 spiro atoms. The normalized spacial score (nSPS) is 12.0. The molecule has 23 heavy (non-hydrogen) atoms. The molecule has 0 saturated carbocycles. The van der Waals surface area contributed by atoms with E-state index < -0.39 is 0 Å². The summed E-state index contributed by atoms with van der Waals surface area (Å²) in [4.78, 5) is 8.49. The van der Waals surface area contributed by atoms with Crippen LogP contribution in [0.1, 0.15) is 51.7 Å². The first-order valence-electron chi connectivity index (χ1n) is 7.86. The molecule has 1 rings (SSSR count). The predicted molar refractivity (Wildman–Crippen MR) is 105 cm³/mol. The maximum absolute atomic E-state index is 5.74. The van der Waals surface area contributed by atoms with Gasteiger partial charge >= 0.3 is 0 Å². The van der Waals surface area contributed by atoms with Crippen molar-refractivity contribution in [1.82, 2.24) is 15.6 Å². The fourth-order valence-corrected chi connectivity index (χ4v) is 1.87. The summed E-state index contributed by atoms with van der Waals surface area (Å²) in [5.41, 5.74) is -0.0205. The lowest BCUT2D eigenvalue weighted by Gasteiger charge is -2.13. The third-order valence-corrected chi connectivity index (χ3v) is 3.24. The molecular weight excluding hydrogens is 407 g/mol. The minimum Gasteiger partial charge on any atom is -0.443 e. The number of oxazole rings is 1. The van der Waals surface area contributed by atoms with Gasteiger partial charge in [0.05, 0.1) is 12.7 Å². The second-order valence-electron chi connectivity index (χ2n) is 6.27. The zero-order chi connectivity index (χ0) is 16.4. The Morgan fingerprint density at radius 2 is 2.00 bits per heavy atom. The average Bonchev–Trinajstić information content (AvgIpc) is 2.95. The van der Waals surface area contributed by atoms with Crippen LogP contribution in [0.15, 0.2) is 15.6 Å².